The third kappa shape index (κ3) is 2.69. The van der Waals surface area contributed by atoms with Gasteiger partial charge in [0.05, 0.1) is 16.2 Å². The second-order valence-corrected chi connectivity index (χ2v) is 4.05. The first-order chi connectivity index (χ1) is 9.30. The molecule has 0 bridgehead atoms. The molecule has 2 aromatic heterocycles. The first-order valence-electron chi connectivity index (χ1n) is 5.13. The highest BCUT2D eigenvalue weighted by Crippen LogP contribution is 2.39. The zero-order valence-corrected chi connectivity index (χ0v) is 10.3. The lowest BCUT2D eigenvalue weighted by Gasteiger charge is -2.12. The fraction of sp³-hybridized carbons (Fsp3) is 0.0909. The van der Waals surface area contributed by atoms with E-state index in [1.807, 2.05) is 0 Å². The molecule has 0 amide bonds. The van der Waals surface area contributed by atoms with Gasteiger partial charge in [-0.05, 0) is 12.1 Å². The van der Waals surface area contributed by atoms with Crippen LogP contribution in [0, 0.1) is 10.1 Å². The second-order valence-electron chi connectivity index (χ2n) is 3.69. The molecule has 0 unspecified atom stereocenters. The Labute approximate surface area is 115 Å². The first kappa shape index (κ1) is 14.2. The van der Waals surface area contributed by atoms with Crippen LogP contribution in [0.15, 0.2) is 30.6 Å². The van der Waals surface area contributed by atoms with Crippen molar-refractivity contribution in [3.8, 4) is 11.3 Å². The van der Waals surface area contributed by atoms with Gasteiger partial charge < -0.3 is 0 Å². The monoisotopic (exact) mass is 303 g/mol. The van der Waals surface area contributed by atoms with Crippen LogP contribution in [-0.4, -0.2) is 14.9 Å². The predicted octanol–water partition coefficient (Wildman–Crippen LogP) is 3.72. The van der Waals surface area contributed by atoms with Crippen LogP contribution < -0.4 is 0 Å². The Hall–Kier alpha value is -2.22. The summed E-state index contributed by atoms with van der Waals surface area (Å²) in [4.78, 5) is 16.8. The summed E-state index contributed by atoms with van der Waals surface area (Å²) < 4.78 is 38.9. The Morgan fingerprint density at radius 1 is 1.35 bits per heavy atom. The summed E-state index contributed by atoms with van der Waals surface area (Å²) in [5.41, 5.74) is -2.56. The molecule has 104 valence electrons. The van der Waals surface area contributed by atoms with Gasteiger partial charge in [0, 0.05) is 24.0 Å². The van der Waals surface area contributed by atoms with Gasteiger partial charge in [0.25, 0.3) is 0 Å². The van der Waals surface area contributed by atoms with Crippen molar-refractivity contribution in [2.45, 2.75) is 6.18 Å². The minimum Gasteiger partial charge on any atom is -0.264 e. The number of hydrogen-bond donors (Lipinski definition) is 0. The molecule has 0 aliphatic carbocycles. The minimum absolute atomic E-state index is 0.0663. The molecule has 5 nitrogen and oxygen atoms in total. The Bertz CT molecular complexity index is 662. The van der Waals surface area contributed by atoms with Crippen molar-refractivity contribution >= 4 is 17.3 Å². The van der Waals surface area contributed by atoms with Crippen LogP contribution in [0.4, 0.5) is 18.9 Å². The van der Waals surface area contributed by atoms with Crippen LogP contribution in [0.3, 0.4) is 0 Å². The number of alkyl halides is 3. The van der Waals surface area contributed by atoms with Crippen LogP contribution in [-0.2, 0) is 6.18 Å². The summed E-state index contributed by atoms with van der Waals surface area (Å²) in [5, 5.41) is 10.0. The van der Waals surface area contributed by atoms with Gasteiger partial charge >= 0.3 is 11.9 Å². The van der Waals surface area contributed by atoms with Gasteiger partial charge in [0.15, 0.2) is 0 Å². The van der Waals surface area contributed by atoms with Gasteiger partial charge in [-0.15, -0.1) is 0 Å². The summed E-state index contributed by atoms with van der Waals surface area (Å²) in [6, 6.07) is 3.15. The van der Waals surface area contributed by atoms with Gasteiger partial charge in [-0.25, -0.2) is 4.98 Å². The molecule has 0 radical (unpaired) electrons. The van der Waals surface area contributed by atoms with E-state index in [-0.39, 0.29) is 5.56 Å². The van der Waals surface area contributed by atoms with Gasteiger partial charge in [-0.2, -0.15) is 13.2 Å². The molecular weight excluding hydrogens is 299 g/mol. The van der Waals surface area contributed by atoms with Crippen molar-refractivity contribution in [3.63, 3.8) is 0 Å². The molecule has 0 spiro atoms. The lowest BCUT2D eigenvalue weighted by molar-refractivity contribution is -0.385. The Balaban J connectivity index is 2.74. The van der Waals surface area contributed by atoms with E-state index in [2.05, 4.69) is 9.97 Å². The summed E-state index contributed by atoms with van der Waals surface area (Å²) in [6.45, 7) is 0. The van der Waals surface area contributed by atoms with Crippen LogP contribution in [0.2, 0.25) is 5.15 Å². The zero-order chi connectivity index (χ0) is 14.9. The maximum Gasteiger partial charge on any atom is 0.418 e. The van der Waals surface area contributed by atoms with Gasteiger partial charge in [0.2, 0.25) is 5.15 Å². The van der Waals surface area contributed by atoms with Crippen molar-refractivity contribution in [1.29, 1.82) is 0 Å². The van der Waals surface area contributed by atoms with E-state index in [1.54, 1.807) is 0 Å². The Kier molecular flexibility index (Phi) is 3.58. The molecule has 0 atom stereocenters. The van der Waals surface area contributed by atoms with Crippen molar-refractivity contribution in [3.05, 3.63) is 51.4 Å². The molecule has 0 saturated carbocycles. The van der Waals surface area contributed by atoms with E-state index >= 15 is 0 Å². The molecule has 0 fully saturated rings. The topological polar surface area (TPSA) is 68.9 Å². The van der Waals surface area contributed by atoms with E-state index in [4.69, 9.17) is 11.6 Å². The van der Waals surface area contributed by atoms with Crippen molar-refractivity contribution in [2.75, 3.05) is 0 Å². The normalized spacial score (nSPS) is 11.4. The molecular formula is C11H5ClF3N3O2. The summed E-state index contributed by atoms with van der Waals surface area (Å²) in [6.07, 6.45) is -2.25. The number of halogens is 4. The number of aromatic nitrogens is 2. The molecule has 9 heteroatoms. The fourth-order valence-electron chi connectivity index (χ4n) is 1.55. The van der Waals surface area contributed by atoms with E-state index < -0.39 is 33.2 Å². The lowest BCUT2D eigenvalue weighted by atomic mass is 10.1. The number of nitrogens with zero attached hydrogens (tertiary/aromatic N) is 3. The van der Waals surface area contributed by atoms with E-state index in [0.717, 1.165) is 0 Å². The lowest BCUT2D eigenvalue weighted by Crippen LogP contribution is -2.10. The predicted molar refractivity (Wildman–Crippen MR) is 64.1 cm³/mol. The SMILES string of the molecule is O=[N+]([O-])c1cc(C(F)(F)F)c(-c2cccnc2)nc1Cl. The number of nitro groups is 1. The number of rotatable bonds is 2. The average molecular weight is 304 g/mol. The molecule has 0 aromatic carbocycles. The van der Waals surface area contributed by atoms with E-state index in [1.165, 1.54) is 24.5 Å². The molecule has 2 heterocycles. The smallest absolute Gasteiger partial charge is 0.264 e. The highest BCUT2D eigenvalue weighted by Gasteiger charge is 2.37. The zero-order valence-electron chi connectivity index (χ0n) is 9.56. The Morgan fingerprint density at radius 3 is 2.55 bits per heavy atom. The van der Waals surface area contributed by atoms with Gasteiger partial charge in [-0.3, -0.25) is 15.1 Å². The number of pyridine rings is 2. The summed E-state index contributed by atoms with van der Waals surface area (Å²) in [7, 11) is 0. The van der Waals surface area contributed by atoms with Crippen LogP contribution >= 0.6 is 11.6 Å². The molecule has 20 heavy (non-hydrogen) atoms. The van der Waals surface area contributed by atoms with Crippen LogP contribution in [0.25, 0.3) is 11.3 Å². The molecule has 0 N–H and O–H groups in total. The largest absolute Gasteiger partial charge is 0.418 e. The maximum atomic E-state index is 13.0. The quantitative estimate of drug-likeness (QED) is 0.481. The maximum absolute atomic E-state index is 13.0. The fourth-order valence-corrected chi connectivity index (χ4v) is 1.76. The van der Waals surface area contributed by atoms with Crippen molar-refractivity contribution in [2.24, 2.45) is 0 Å². The molecule has 0 aliphatic heterocycles. The van der Waals surface area contributed by atoms with Crippen LogP contribution in [0.5, 0.6) is 0 Å². The standard InChI is InChI=1S/C11H5ClF3N3O2/c12-10-8(18(19)20)4-7(11(13,14)15)9(17-10)6-2-1-3-16-5-6/h1-5H. The first-order valence-corrected chi connectivity index (χ1v) is 5.51. The second kappa shape index (κ2) is 5.04. The Morgan fingerprint density at radius 2 is 2.05 bits per heavy atom. The van der Waals surface area contributed by atoms with Gasteiger partial charge in [-0.1, -0.05) is 11.6 Å². The molecule has 2 aromatic rings. The van der Waals surface area contributed by atoms with Crippen LogP contribution in [0.1, 0.15) is 5.56 Å². The third-order valence-corrected chi connectivity index (χ3v) is 2.67. The minimum atomic E-state index is -4.80. The molecule has 2 rings (SSSR count). The molecule has 0 saturated heterocycles. The summed E-state index contributed by atoms with van der Waals surface area (Å²) in [5.74, 6) is 0. The highest BCUT2D eigenvalue weighted by atomic mass is 35.5. The van der Waals surface area contributed by atoms with E-state index in [9.17, 15) is 23.3 Å². The van der Waals surface area contributed by atoms with Gasteiger partial charge in [0.1, 0.15) is 0 Å². The van der Waals surface area contributed by atoms with Crippen molar-refractivity contribution < 1.29 is 18.1 Å². The highest BCUT2D eigenvalue weighted by molar-refractivity contribution is 6.31. The third-order valence-electron chi connectivity index (χ3n) is 2.39. The number of hydrogen-bond acceptors (Lipinski definition) is 4. The van der Waals surface area contributed by atoms with Crippen molar-refractivity contribution in [1.82, 2.24) is 9.97 Å². The average Bonchev–Trinajstić information content (AvgIpc) is 2.37. The molecule has 0 aliphatic rings. The van der Waals surface area contributed by atoms with E-state index in [0.29, 0.717) is 6.07 Å². The summed E-state index contributed by atoms with van der Waals surface area (Å²) >= 11 is 5.56.